The summed E-state index contributed by atoms with van der Waals surface area (Å²) in [5.41, 5.74) is 2.18. The maximum atomic E-state index is 13.7. The van der Waals surface area contributed by atoms with Crippen LogP contribution < -0.4 is 5.32 Å². The molecule has 36 heavy (non-hydrogen) atoms. The van der Waals surface area contributed by atoms with Gasteiger partial charge in [0.25, 0.3) is 0 Å². The van der Waals surface area contributed by atoms with E-state index >= 15 is 0 Å². The van der Waals surface area contributed by atoms with Gasteiger partial charge < -0.3 is 10.2 Å². The molecule has 0 aromatic heterocycles. The number of carbonyl (C=O) groups excluding carboxylic acids is 1. The Hall–Kier alpha value is -2.58. The second-order valence-corrected chi connectivity index (χ2v) is 12.0. The van der Waals surface area contributed by atoms with Gasteiger partial charge in [0.1, 0.15) is 11.6 Å². The molecule has 0 saturated heterocycles. The molecule has 1 saturated carbocycles. The van der Waals surface area contributed by atoms with Gasteiger partial charge in [-0.25, -0.2) is 17.2 Å². The largest absolute Gasteiger partial charge is 0.350 e. The van der Waals surface area contributed by atoms with Crippen molar-refractivity contribution in [2.45, 2.75) is 55.9 Å². The van der Waals surface area contributed by atoms with Crippen LogP contribution in [-0.4, -0.2) is 51.2 Å². The third-order valence-electron chi connectivity index (χ3n) is 7.45. The van der Waals surface area contributed by atoms with Crippen molar-refractivity contribution in [3.8, 4) is 0 Å². The van der Waals surface area contributed by atoms with Crippen LogP contribution in [-0.2, 0) is 27.5 Å². The lowest BCUT2D eigenvalue weighted by molar-refractivity contribution is -0.117. The Bertz CT molecular complexity index is 1200. The lowest BCUT2D eigenvalue weighted by Crippen LogP contribution is -2.37. The van der Waals surface area contributed by atoms with E-state index in [1.54, 1.807) is 6.07 Å². The number of fused-ring (bicyclic) bond motifs is 1. The van der Waals surface area contributed by atoms with Gasteiger partial charge in [-0.3, -0.25) is 4.79 Å². The highest BCUT2D eigenvalue weighted by molar-refractivity contribution is 7.90. The first-order valence-electron chi connectivity index (χ1n) is 12.7. The van der Waals surface area contributed by atoms with Gasteiger partial charge in [-0.05, 0) is 98.9 Å². The molecule has 0 unspecified atom stereocenters. The van der Waals surface area contributed by atoms with Crippen LogP contribution >= 0.6 is 0 Å². The highest BCUT2D eigenvalue weighted by Gasteiger charge is 2.23. The quantitative estimate of drug-likeness (QED) is 0.549. The molecular weight excluding hydrogens is 482 g/mol. The summed E-state index contributed by atoms with van der Waals surface area (Å²) in [6, 6.07) is 9.24. The van der Waals surface area contributed by atoms with E-state index in [1.807, 2.05) is 12.1 Å². The SMILES string of the molecule is CS(=O)(=O)c1ccc2c(c1)CCN(CCC1CCC(NC(=O)/C=C/c3c(F)cccc3F)CC1)CC2. The molecule has 0 atom stereocenters. The van der Waals surface area contributed by atoms with Gasteiger partial charge in [0.2, 0.25) is 5.91 Å². The van der Waals surface area contributed by atoms with E-state index in [0.29, 0.717) is 10.8 Å². The van der Waals surface area contributed by atoms with Crippen molar-refractivity contribution >= 4 is 21.8 Å². The number of amides is 1. The zero-order chi connectivity index (χ0) is 25.7. The van der Waals surface area contributed by atoms with Crippen LogP contribution in [0.25, 0.3) is 6.08 Å². The Labute approximate surface area is 212 Å². The smallest absolute Gasteiger partial charge is 0.244 e. The Morgan fingerprint density at radius 3 is 2.36 bits per heavy atom. The molecule has 8 heteroatoms. The van der Waals surface area contributed by atoms with E-state index in [-0.39, 0.29) is 17.5 Å². The first-order valence-corrected chi connectivity index (χ1v) is 14.5. The molecule has 0 radical (unpaired) electrons. The predicted octanol–water partition coefficient (Wildman–Crippen LogP) is 4.55. The minimum Gasteiger partial charge on any atom is -0.350 e. The van der Waals surface area contributed by atoms with Crippen LogP contribution in [0.1, 0.15) is 48.8 Å². The van der Waals surface area contributed by atoms with Crippen LogP contribution in [0.4, 0.5) is 8.78 Å². The summed E-state index contributed by atoms with van der Waals surface area (Å²) >= 11 is 0. The standard InChI is InChI=1S/C28H34F2N2O3S/c1-36(34,35)24-10-7-21-14-17-32(18-15-22(21)19-24)16-13-20-5-8-23(9-6-20)31-28(33)12-11-25-26(29)3-2-4-27(25)30/h2-4,7,10-12,19-20,23H,5-6,8-9,13-18H2,1H3,(H,31,33)/b12-11+. The third-order valence-corrected chi connectivity index (χ3v) is 8.56. The molecule has 194 valence electrons. The van der Waals surface area contributed by atoms with Crippen LogP contribution in [0.5, 0.6) is 0 Å². The molecular formula is C28H34F2N2O3S. The molecule has 1 aliphatic carbocycles. The predicted molar refractivity (Wildman–Crippen MR) is 137 cm³/mol. The lowest BCUT2D eigenvalue weighted by atomic mass is 9.84. The van der Waals surface area contributed by atoms with Crippen molar-refractivity contribution < 1.29 is 22.0 Å². The molecule has 2 aliphatic rings. The minimum absolute atomic E-state index is 0.0839. The molecule has 1 aliphatic heterocycles. The number of hydrogen-bond donors (Lipinski definition) is 1. The van der Waals surface area contributed by atoms with E-state index in [4.69, 9.17) is 0 Å². The topological polar surface area (TPSA) is 66.5 Å². The van der Waals surface area contributed by atoms with Crippen molar-refractivity contribution in [2.75, 3.05) is 25.9 Å². The molecule has 0 spiro atoms. The van der Waals surface area contributed by atoms with Gasteiger partial charge in [0.15, 0.2) is 9.84 Å². The zero-order valence-corrected chi connectivity index (χ0v) is 21.5. The van der Waals surface area contributed by atoms with E-state index < -0.39 is 21.5 Å². The Morgan fingerprint density at radius 1 is 1.03 bits per heavy atom. The third kappa shape index (κ3) is 7.01. The summed E-state index contributed by atoms with van der Waals surface area (Å²) in [5.74, 6) is -1.09. The maximum absolute atomic E-state index is 13.7. The van der Waals surface area contributed by atoms with Crippen LogP contribution in [0.2, 0.25) is 0 Å². The van der Waals surface area contributed by atoms with Crippen molar-refractivity contribution in [3.63, 3.8) is 0 Å². The molecule has 1 fully saturated rings. The van der Waals surface area contributed by atoms with Gasteiger partial charge in [0.05, 0.1) is 4.90 Å². The number of nitrogens with one attached hydrogen (secondary N) is 1. The first kappa shape index (κ1) is 26.5. The van der Waals surface area contributed by atoms with Gasteiger partial charge in [-0.1, -0.05) is 12.1 Å². The lowest BCUT2D eigenvalue weighted by Gasteiger charge is -2.30. The van der Waals surface area contributed by atoms with Crippen LogP contribution in [0, 0.1) is 17.6 Å². The number of benzene rings is 2. The van der Waals surface area contributed by atoms with Crippen molar-refractivity contribution in [1.82, 2.24) is 10.2 Å². The minimum atomic E-state index is -3.19. The molecule has 2 aromatic rings. The molecule has 1 amide bonds. The van der Waals surface area contributed by atoms with Crippen molar-refractivity contribution in [1.29, 1.82) is 0 Å². The highest BCUT2D eigenvalue weighted by Crippen LogP contribution is 2.28. The number of nitrogens with zero attached hydrogens (tertiary/aromatic N) is 1. The van der Waals surface area contributed by atoms with Crippen LogP contribution in [0.15, 0.2) is 47.4 Å². The number of carbonyl (C=O) groups is 1. The Balaban J connectivity index is 1.19. The fourth-order valence-electron chi connectivity index (χ4n) is 5.24. The van der Waals surface area contributed by atoms with Gasteiger partial charge >= 0.3 is 0 Å². The van der Waals surface area contributed by atoms with Gasteiger partial charge in [0, 0.05) is 37.0 Å². The molecule has 2 aromatic carbocycles. The van der Waals surface area contributed by atoms with Gasteiger partial charge in [-0.15, -0.1) is 0 Å². The number of halogens is 2. The molecule has 4 rings (SSSR count). The fraction of sp³-hybridized carbons (Fsp3) is 0.464. The maximum Gasteiger partial charge on any atom is 0.244 e. The van der Waals surface area contributed by atoms with E-state index in [1.165, 1.54) is 42.2 Å². The molecule has 5 nitrogen and oxygen atoms in total. The normalized spacial score (nSPS) is 21.2. The average molecular weight is 517 g/mol. The number of sulfone groups is 1. The van der Waals surface area contributed by atoms with Gasteiger partial charge in [-0.2, -0.15) is 0 Å². The second-order valence-electron chi connectivity index (χ2n) is 10.0. The van der Waals surface area contributed by atoms with Crippen LogP contribution in [0.3, 0.4) is 0 Å². The highest BCUT2D eigenvalue weighted by atomic mass is 32.2. The van der Waals surface area contributed by atoms with Crippen molar-refractivity contribution in [2.24, 2.45) is 5.92 Å². The Kier molecular flexibility index (Phi) is 8.57. The van der Waals surface area contributed by atoms with E-state index in [9.17, 15) is 22.0 Å². The summed E-state index contributed by atoms with van der Waals surface area (Å²) in [5, 5.41) is 2.96. The summed E-state index contributed by atoms with van der Waals surface area (Å²) in [4.78, 5) is 15.1. The molecule has 1 N–H and O–H groups in total. The monoisotopic (exact) mass is 516 g/mol. The number of hydrogen-bond acceptors (Lipinski definition) is 4. The zero-order valence-electron chi connectivity index (χ0n) is 20.7. The summed E-state index contributed by atoms with van der Waals surface area (Å²) in [6.45, 7) is 2.93. The van der Waals surface area contributed by atoms with E-state index in [0.717, 1.165) is 70.1 Å². The summed E-state index contributed by atoms with van der Waals surface area (Å²) in [7, 11) is -3.19. The summed E-state index contributed by atoms with van der Waals surface area (Å²) in [6.07, 6.45) is 10.4. The fourth-order valence-corrected chi connectivity index (χ4v) is 5.91. The first-order chi connectivity index (χ1) is 17.2. The number of rotatable bonds is 7. The Morgan fingerprint density at radius 2 is 1.69 bits per heavy atom. The molecule has 1 heterocycles. The average Bonchev–Trinajstić information content (AvgIpc) is 3.04. The van der Waals surface area contributed by atoms with Crippen molar-refractivity contribution in [3.05, 3.63) is 70.8 Å². The van der Waals surface area contributed by atoms with E-state index in [2.05, 4.69) is 10.2 Å². The summed E-state index contributed by atoms with van der Waals surface area (Å²) < 4.78 is 51.2. The second kappa shape index (κ2) is 11.6. The molecule has 0 bridgehead atoms.